The van der Waals surface area contributed by atoms with Crippen molar-refractivity contribution in [3.63, 3.8) is 0 Å². The van der Waals surface area contributed by atoms with Gasteiger partial charge in [-0.05, 0) is 66.4 Å². The molecule has 0 saturated heterocycles. The Morgan fingerprint density at radius 1 is 1.00 bits per heavy atom. The summed E-state index contributed by atoms with van der Waals surface area (Å²) in [6.07, 6.45) is -0.184. The highest BCUT2D eigenvalue weighted by Crippen LogP contribution is 2.37. The molecule has 1 aromatic carbocycles. The fourth-order valence-corrected chi connectivity index (χ4v) is 4.17. The lowest BCUT2D eigenvalue weighted by molar-refractivity contribution is -0.0321. The minimum Gasteiger partial charge on any atom is -0.445 e. The molecule has 2 aromatic rings. The predicted octanol–water partition coefficient (Wildman–Crippen LogP) is 5.87. The lowest BCUT2D eigenvalue weighted by atomic mass is 10.0. The summed E-state index contributed by atoms with van der Waals surface area (Å²) < 4.78 is 18.2. The van der Waals surface area contributed by atoms with Gasteiger partial charge in [0.15, 0.2) is 0 Å². The number of ether oxygens (including phenoxy) is 3. The molecule has 1 aromatic heterocycles. The van der Waals surface area contributed by atoms with Gasteiger partial charge in [0.25, 0.3) is 0 Å². The third-order valence-electron chi connectivity index (χ3n) is 6.25. The molecular weight excluding hydrogens is 502 g/mol. The summed E-state index contributed by atoms with van der Waals surface area (Å²) in [5, 5.41) is 9.80. The Bertz CT molecular complexity index is 1150. The summed E-state index contributed by atoms with van der Waals surface area (Å²) in [7, 11) is 2.91. The van der Waals surface area contributed by atoms with Crippen LogP contribution < -0.4 is 5.32 Å². The van der Waals surface area contributed by atoms with Gasteiger partial charge in [-0.3, -0.25) is 5.32 Å². The number of amides is 3. The van der Waals surface area contributed by atoms with Gasteiger partial charge in [0.05, 0.1) is 11.2 Å². The lowest BCUT2D eigenvalue weighted by Crippen LogP contribution is -2.47. The van der Waals surface area contributed by atoms with Gasteiger partial charge < -0.3 is 14.2 Å². The van der Waals surface area contributed by atoms with Crippen molar-refractivity contribution in [1.29, 1.82) is 0 Å². The van der Waals surface area contributed by atoms with Crippen LogP contribution >= 0.6 is 0 Å². The average molecular weight is 544 g/mol. The summed E-state index contributed by atoms with van der Waals surface area (Å²) in [5.41, 5.74) is 0.630. The Morgan fingerprint density at radius 3 is 2.26 bits per heavy atom. The number of aromatic nitrogens is 2. The molecule has 0 spiro atoms. The van der Waals surface area contributed by atoms with Crippen molar-refractivity contribution in [3.05, 3.63) is 47.7 Å². The van der Waals surface area contributed by atoms with Crippen LogP contribution in [0.1, 0.15) is 78.0 Å². The molecule has 0 unspecified atom stereocenters. The van der Waals surface area contributed by atoms with E-state index in [2.05, 4.69) is 5.32 Å². The van der Waals surface area contributed by atoms with Crippen molar-refractivity contribution < 1.29 is 28.6 Å². The Hall–Kier alpha value is -3.76. The van der Waals surface area contributed by atoms with E-state index in [0.717, 1.165) is 27.7 Å². The number of nitrogens with zero attached hydrogens (tertiary/aromatic N) is 4. The van der Waals surface area contributed by atoms with Gasteiger partial charge in [-0.15, -0.1) is 0 Å². The topological polar surface area (TPSA) is 115 Å². The molecule has 3 rings (SSSR count). The van der Waals surface area contributed by atoms with Crippen LogP contribution in [0, 0.1) is 0 Å². The summed E-state index contributed by atoms with van der Waals surface area (Å²) in [6.45, 7) is 11.4. The maximum atomic E-state index is 12.7. The smallest absolute Gasteiger partial charge is 0.429 e. The normalized spacial score (nSPS) is 17.3. The van der Waals surface area contributed by atoms with Crippen molar-refractivity contribution in [3.8, 4) is 0 Å². The van der Waals surface area contributed by atoms with E-state index in [0.29, 0.717) is 18.7 Å². The number of carbonyl (C=O) groups is 3. The zero-order chi connectivity index (χ0) is 29.0. The van der Waals surface area contributed by atoms with Crippen molar-refractivity contribution >= 4 is 24.1 Å². The highest BCUT2D eigenvalue weighted by molar-refractivity contribution is 5.83. The van der Waals surface area contributed by atoms with E-state index in [1.165, 1.54) is 14.1 Å². The summed E-state index contributed by atoms with van der Waals surface area (Å²) in [6, 6.07) is 11.3. The molecule has 1 aliphatic carbocycles. The number of hydrazine groups is 1. The molecule has 1 saturated carbocycles. The van der Waals surface area contributed by atoms with Gasteiger partial charge in [-0.25, -0.2) is 29.1 Å². The fraction of sp³-hybridized carbons (Fsp3) is 0.571. The Morgan fingerprint density at radius 2 is 1.64 bits per heavy atom. The third kappa shape index (κ3) is 8.36. The molecule has 11 nitrogen and oxygen atoms in total. The van der Waals surface area contributed by atoms with Crippen molar-refractivity contribution in [2.75, 3.05) is 19.4 Å². The lowest BCUT2D eigenvalue weighted by Gasteiger charge is -2.30. The maximum Gasteiger partial charge on any atom is 0.429 e. The first-order valence-corrected chi connectivity index (χ1v) is 13.1. The number of nitrogens with one attached hydrogen (secondary N) is 1. The van der Waals surface area contributed by atoms with E-state index in [1.807, 2.05) is 57.2 Å². The monoisotopic (exact) mass is 543 g/mol. The van der Waals surface area contributed by atoms with E-state index in [4.69, 9.17) is 19.3 Å². The fourth-order valence-electron chi connectivity index (χ4n) is 4.17. The van der Waals surface area contributed by atoms with Crippen LogP contribution in [-0.4, -0.2) is 63.9 Å². The van der Waals surface area contributed by atoms with E-state index < -0.39 is 23.9 Å². The van der Waals surface area contributed by atoms with Gasteiger partial charge in [-0.2, -0.15) is 5.10 Å². The number of rotatable bonds is 5. The second-order valence-electron chi connectivity index (χ2n) is 11.8. The van der Waals surface area contributed by atoms with Crippen molar-refractivity contribution in [1.82, 2.24) is 19.8 Å². The van der Waals surface area contributed by atoms with Crippen LogP contribution in [-0.2, 0) is 26.4 Å². The number of anilines is 1. The highest BCUT2D eigenvalue weighted by atomic mass is 16.6. The summed E-state index contributed by atoms with van der Waals surface area (Å²) in [4.78, 5) is 37.5. The number of benzene rings is 1. The zero-order valence-corrected chi connectivity index (χ0v) is 24.2. The van der Waals surface area contributed by atoms with E-state index in [1.54, 1.807) is 25.5 Å². The first-order chi connectivity index (χ1) is 18.1. The van der Waals surface area contributed by atoms with E-state index >= 15 is 0 Å². The van der Waals surface area contributed by atoms with Crippen molar-refractivity contribution in [2.24, 2.45) is 0 Å². The molecule has 214 valence electrons. The second kappa shape index (κ2) is 12.0. The zero-order valence-electron chi connectivity index (χ0n) is 24.2. The van der Waals surface area contributed by atoms with Gasteiger partial charge >= 0.3 is 18.3 Å². The molecule has 11 heteroatoms. The molecular formula is C28H41N5O6. The van der Waals surface area contributed by atoms with Crippen LogP contribution in [0.15, 0.2) is 36.4 Å². The molecule has 0 bridgehead atoms. The second-order valence-corrected chi connectivity index (χ2v) is 11.8. The molecule has 1 aliphatic rings. The summed E-state index contributed by atoms with van der Waals surface area (Å²) in [5.74, 6) is 0.580. The minimum absolute atomic E-state index is 0.0428. The summed E-state index contributed by atoms with van der Waals surface area (Å²) >= 11 is 0. The molecule has 1 heterocycles. The number of hydrogen-bond acceptors (Lipinski definition) is 7. The van der Waals surface area contributed by atoms with E-state index in [-0.39, 0.29) is 24.2 Å². The van der Waals surface area contributed by atoms with Crippen molar-refractivity contribution in [2.45, 2.75) is 90.6 Å². The van der Waals surface area contributed by atoms with E-state index in [9.17, 15) is 14.4 Å². The molecule has 1 N–H and O–H groups in total. The van der Waals surface area contributed by atoms with Gasteiger partial charge in [-0.1, -0.05) is 30.3 Å². The molecule has 39 heavy (non-hydrogen) atoms. The number of hydrogen-bond donors (Lipinski definition) is 1. The van der Waals surface area contributed by atoms with Crippen LogP contribution in [0.5, 0.6) is 0 Å². The number of carbonyl (C=O) groups excluding carboxylic acids is 3. The first-order valence-electron chi connectivity index (χ1n) is 13.1. The standard InChI is InChI=1S/C28H41N5O6/c1-27(2,3)33-23(29-24(34)37-18-19-12-10-9-11-13-19)17-22(30-33)20-14-15-21(16-20)38-25(35)31(7)32(8)26(36)39-28(4,5)6/h9-13,17,20-21H,14-16,18H2,1-8H3,(H,29,34)/t20-,21+/m0/s1. The largest absolute Gasteiger partial charge is 0.445 e. The molecule has 3 amide bonds. The van der Waals surface area contributed by atoms with Crippen LogP contribution in [0.2, 0.25) is 0 Å². The molecule has 0 radical (unpaired) electrons. The Labute approximate surface area is 230 Å². The van der Waals surface area contributed by atoms with Crippen LogP contribution in [0.25, 0.3) is 0 Å². The Kier molecular flexibility index (Phi) is 9.14. The Balaban J connectivity index is 1.61. The minimum atomic E-state index is -0.683. The van der Waals surface area contributed by atoms with Crippen LogP contribution in [0.3, 0.4) is 0 Å². The third-order valence-corrected chi connectivity index (χ3v) is 6.25. The molecule has 2 atom stereocenters. The molecule has 0 aliphatic heterocycles. The first kappa shape index (κ1) is 29.8. The predicted molar refractivity (Wildman–Crippen MR) is 146 cm³/mol. The highest BCUT2D eigenvalue weighted by Gasteiger charge is 2.34. The van der Waals surface area contributed by atoms with Crippen LogP contribution in [0.4, 0.5) is 20.2 Å². The SMILES string of the molecule is CN(C(=O)O[C@@H]1CC[C@H](c2cc(NC(=O)OCc3ccccc3)n(C(C)(C)C)n2)C1)N(C)C(=O)OC(C)(C)C. The maximum absolute atomic E-state index is 12.7. The van der Waals surface area contributed by atoms with Gasteiger partial charge in [0.2, 0.25) is 0 Å². The van der Waals surface area contributed by atoms with Gasteiger partial charge in [0.1, 0.15) is 24.1 Å². The average Bonchev–Trinajstić information content (AvgIpc) is 3.48. The molecule has 1 fully saturated rings. The van der Waals surface area contributed by atoms with Gasteiger partial charge in [0, 0.05) is 26.1 Å². The quantitative estimate of drug-likeness (QED) is 0.370.